The topological polar surface area (TPSA) is 134 Å². The SMILES string of the molecule is [N-]=[N+]=NCC1CC(=O)N(c2nc(N)nc(Cl)n2)C1. The highest BCUT2D eigenvalue weighted by Crippen LogP contribution is 2.23. The zero-order valence-corrected chi connectivity index (χ0v) is 9.95. The molecule has 1 amide bonds. The summed E-state index contributed by atoms with van der Waals surface area (Å²) in [7, 11) is 0. The van der Waals surface area contributed by atoms with E-state index in [0.717, 1.165) is 0 Å². The fourth-order valence-corrected chi connectivity index (χ4v) is 1.89. The van der Waals surface area contributed by atoms with E-state index in [1.165, 1.54) is 4.90 Å². The molecule has 1 unspecified atom stereocenters. The van der Waals surface area contributed by atoms with Crippen molar-refractivity contribution in [1.29, 1.82) is 0 Å². The average Bonchev–Trinajstić information content (AvgIpc) is 2.66. The van der Waals surface area contributed by atoms with E-state index < -0.39 is 0 Å². The van der Waals surface area contributed by atoms with Crippen molar-refractivity contribution < 1.29 is 4.79 Å². The molecule has 1 fully saturated rings. The summed E-state index contributed by atoms with van der Waals surface area (Å²) in [6.45, 7) is 0.630. The maximum atomic E-state index is 11.8. The van der Waals surface area contributed by atoms with Gasteiger partial charge in [-0.05, 0) is 23.0 Å². The predicted octanol–water partition coefficient (Wildman–Crippen LogP) is 0.770. The van der Waals surface area contributed by atoms with E-state index in [-0.39, 0.29) is 42.0 Å². The first-order chi connectivity index (χ1) is 8.60. The van der Waals surface area contributed by atoms with Crippen molar-refractivity contribution in [3.63, 3.8) is 0 Å². The first kappa shape index (κ1) is 12.3. The lowest BCUT2D eigenvalue weighted by Crippen LogP contribution is -2.27. The molecule has 2 rings (SSSR count). The van der Waals surface area contributed by atoms with E-state index in [1.807, 2.05) is 0 Å². The van der Waals surface area contributed by atoms with Gasteiger partial charge in [0.1, 0.15) is 0 Å². The molecule has 18 heavy (non-hydrogen) atoms. The highest BCUT2D eigenvalue weighted by Gasteiger charge is 2.32. The monoisotopic (exact) mass is 268 g/mol. The van der Waals surface area contributed by atoms with Gasteiger partial charge in [-0.3, -0.25) is 9.69 Å². The Kier molecular flexibility index (Phi) is 3.45. The number of azide groups is 1. The molecular weight excluding hydrogens is 260 g/mol. The molecule has 0 aliphatic carbocycles. The summed E-state index contributed by atoms with van der Waals surface area (Å²) >= 11 is 5.65. The minimum absolute atomic E-state index is 0.0451. The van der Waals surface area contributed by atoms with Crippen molar-refractivity contribution >= 4 is 29.4 Å². The van der Waals surface area contributed by atoms with Crippen LogP contribution in [0.3, 0.4) is 0 Å². The molecule has 0 radical (unpaired) electrons. The van der Waals surface area contributed by atoms with Crippen LogP contribution < -0.4 is 10.6 Å². The largest absolute Gasteiger partial charge is 0.368 e. The number of aromatic nitrogens is 3. The van der Waals surface area contributed by atoms with Gasteiger partial charge in [0.25, 0.3) is 0 Å². The number of nitrogen functional groups attached to an aromatic ring is 1. The number of nitrogens with two attached hydrogens (primary N) is 1. The molecule has 9 nitrogen and oxygen atoms in total. The number of rotatable bonds is 3. The molecule has 10 heteroatoms. The van der Waals surface area contributed by atoms with Gasteiger partial charge in [0.15, 0.2) is 0 Å². The third-order valence-corrected chi connectivity index (χ3v) is 2.63. The molecule has 0 spiro atoms. The zero-order valence-electron chi connectivity index (χ0n) is 9.19. The van der Waals surface area contributed by atoms with Gasteiger partial charge < -0.3 is 5.73 Å². The molecule has 94 valence electrons. The standard InChI is InChI=1S/C8H9ClN8O/c9-6-13-7(10)15-8(14-6)17-3-4(1-5(17)18)2-12-16-11/h4H,1-3H2,(H2,10,13,14,15). The van der Waals surface area contributed by atoms with Gasteiger partial charge in [-0.2, -0.15) is 15.0 Å². The van der Waals surface area contributed by atoms with Crippen LogP contribution in [0, 0.1) is 5.92 Å². The second-order valence-electron chi connectivity index (χ2n) is 3.75. The van der Waals surface area contributed by atoms with Crippen LogP contribution in [0.1, 0.15) is 6.42 Å². The summed E-state index contributed by atoms with van der Waals surface area (Å²) in [6.07, 6.45) is 0.280. The lowest BCUT2D eigenvalue weighted by Gasteiger charge is -2.13. The molecule has 0 saturated carbocycles. The summed E-state index contributed by atoms with van der Waals surface area (Å²) in [5.41, 5.74) is 13.7. The number of nitrogens with zero attached hydrogens (tertiary/aromatic N) is 7. The number of carbonyl (C=O) groups is 1. The third kappa shape index (κ3) is 2.58. The normalized spacial score (nSPS) is 18.8. The summed E-state index contributed by atoms with van der Waals surface area (Å²) in [4.78, 5) is 27.1. The van der Waals surface area contributed by atoms with Crippen LogP contribution in [0.5, 0.6) is 0 Å². The van der Waals surface area contributed by atoms with Gasteiger partial charge in [-0.1, -0.05) is 5.11 Å². The Hall–Kier alpha value is -2.12. The van der Waals surface area contributed by atoms with E-state index >= 15 is 0 Å². The third-order valence-electron chi connectivity index (χ3n) is 2.46. The second-order valence-corrected chi connectivity index (χ2v) is 4.09. The first-order valence-electron chi connectivity index (χ1n) is 5.08. The molecule has 2 heterocycles. The fourth-order valence-electron chi connectivity index (χ4n) is 1.72. The number of halogens is 1. The van der Waals surface area contributed by atoms with Crippen molar-refractivity contribution in [3.05, 3.63) is 15.7 Å². The van der Waals surface area contributed by atoms with Gasteiger partial charge in [0.2, 0.25) is 23.1 Å². The quantitative estimate of drug-likeness (QED) is 0.491. The van der Waals surface area contributed by atoms with Crippen molar-refractivity contribution in [2.24, 2.45) is 11.0 Å². The van der Waals surface area contributed by atoms with Gasteiger partial charge in [0, 0.05) is 24.4 Å². The predicted molar refractivity (Wildman–Crippen MR) is 63.7 cm³/mol. The zero-order chi connectivity index (χ0) is 13.1. The van der Waals surface area contributed by atoms with Crippen LogP contribution >= 0.6 is 11.6 Å². The highest BCUT2D eigenvalue weighted by atomic mass is 35.5. The number of hydrogen-bond donors (Lipinski definition) is 1. The molecule has 1 atom stereocenters. The van der Waals surface area contributed by atoms with E-state index in [0.29, 0.717) is 6.54 Å². The lowest BCUT2D eigenvalue weighted by atomic mass is 10.1. The van der Waals surface area contributed by atoms with Crippen molar-refractivity contribution in [1.82, 2.24) is 15.0 Å². The fraction of sp³-hybridized carbons (Fsp3) is 0.500. The summed E-state index contributed by atoms with van der Waals surface area (Å²) in [5.74, 6) is -0.128. The maximum Gasteiger partial charge on any atom is 0.238 e. The average molecular weight is 269 g/mol. The molecule has 1 aliphatic rings. The minimum Gasteiger partial charge on any atom is -0.368 e. The van der Waals surface area contributed by atoms with Gasteiger partial charge in [-0.15, -0.1) is 0 Å². The van der Waals surface area contributed by atoms with Crippen LogP contribution in [0.2, 0.25) is 5.28 Å². The number of anilines is 2. The Morgan fingerprint density at radius 3 is 3.00 bits per heavy atom. The smallest absolute Gasteiger partial charge is 0.238 e. The van der Waals surface area contributed by atoms with E-state index in [2.05, 4.69) is 25.0 Å². The van der Waals surface area contributed by atoms with Crippen LogP contribution in [-0.2, 0) is 4.79 Å². The summed E-state index contributed by atoms with van der Waals surface area (Å²) < 4.78 is 0. The number of hydrogen-bond acceptors (Lipinski definition) is 6. The summed E-state index contributed by atoms with van der Waals surface area (Å²) in [5, 5.41) is 3.38. The lowest BCUT2D eigenvalue weighted by molar-refractivity contribution is -0.117. The van der Waals surface area contributed by atoms with Crippen LogP contribution in [0.15, 0.2) is 5.11 Å². The van der Waals surface area contributed by atoms with Crippen LogP contribution in [-0.4, -0.2) is 33.9 Å². The Balaban J connectivity index is 2.18. The van der Waals surface area contributed by atoms with Crippen molar-refractivity contribution in [3.8, 4) is 0 Å². The molecule has 1 aromatic heterocycles. The van der Waals surface area contributed by atoms with Crippen LogP contribution in [0.4, 0.5) is 11.9 Å². The molecule has 0 aromatic carbocycles. The maximum absolute atomic E-state index is 11.8. The van der Waals surface area contributed by atoms with Crippen molar-refractivity contribution in [2.75, 3.05) is 23.7 Å². The van der Waals surface area contributed by atoms with E-state index in [1.54, 1.807) is 0 Å². The molecular formula is C8H9ClN8O. The Labute approximate surface area is 107 Å². The molecule has 2 N–H and O–H groups in total. The molecule has 1 aliphatic heterocycles. The van der Waals surface area contributed by atoms with Gasteiger partial charge >= 0.3 is 0 Å². The Bertz CT molecular complexity index is 508. The molecule has 1 saturated heterocycles. The van der Waals surface area contributed by atoms with Crippen LogP contribution in [0.25, 0.3) is 10.4 Å². The highest BCUT2D eigenvalue weighted by molar-refractivity contribution is 6.28. The molecule has 1 aromatic rings. The van der Waals surface area contributed by atoms with E-state index in [4.69, 9.17) is 22.9 Å². The Morgan fingerprint density at radius 1 is 1.56 bits per heavy atom. The van der Waals surface area contributed by atoms with Crippen molar-refractivity contribution in [2.45, 2.75) is 6.42 Å². The number of amides is 1. The van der Waals surface area contributed by atoms with E-state index in [9.17, 15) is 4.79 Å². The Morgan fingerprint density at radius 2 is 2.33 bits per heavy atom. The summed E-state index contributed by atoms with van der Waals surface area (Å²) in [6, 6.07) is 0. The van der Waals surface area contributed by atoms with Gasteiger partial charge in [0.05, 0.1) is 0 Å². The minimum atomic E-state index is -0.158. The second kappa shape index (κ2) is 5.03. The molecule has 0 bridgehead atoms. The number of carbonyl (C=O) groups excluding carboxylic acids is 1. The first-order valence-corrected chi connectivity index (χ1v) is 5.46. The van der Waals surface area contributed by atoms with Gasteiger partial charge in [-0.25, -0.2) is 0 Å².